The van der Waals surface area contributed by atoms with E-state index in [1.807, 2.05) is 30.3 Å². The summed E-state index contributed by atoms with van der Waals surface area (Å²) < 4.78 is 0. The number of hydrogen-bond acceptors (Lipinski definition) is 5. The van der Waals surface area contributed by atoms with Crippen molar-refractivity contribution < 1.29 is 4.79 Å². The van der Waals surface area contributed by atoms with Gasteiger partial charge >= 0.3 is 0 Å². The number of pyridine rings is 1. The zero-order valence-electron chi connectivity index (χ0n) is 11.0. The van der Waals surface area contributed by atoms with Gasteiger partial charge < -0.3 is 0 Å². The standard InChI is InChI=1S/C15H11N5O/c21-15(14-10-16-6-7-18-14)20-19-9-11-3-4-13-12(8-11)2-1-5-17-13/h1-10H,(H,20,21)/b19-9+. The molecule has 0 spiro atoms. The Balaban J connectivity index is 1.71. The Morgan fingerprint density at radius 1 is 1.14 bits per heavy atom. The lowest BCUT2D eigenvalue weighted by atomic mass is 10.1. The third kappa shape index (κ3) is 3.06. The first kappa shape index (κ1) is 12.9. The van der Waals surface area contributed by atoms with Gasteiger partial charge in [0.25, 0.3) is 5.91 Å². The molecule has 2 aromatic heterocycles. The van der Waals surface area contributed by atoms with Gasteiger partial charge in [0.05, 0.1) is 17.9 Å². The van der Waals surface area contributed by atoms with Crippen LogP contribution in [-0.4, -0.2) is 27.1 Å². The third-order valence-corrected chi connectivity index (χ3v) is 2.80. The summed E-state index contributed by atoms with van der Waals surface area (Å²) in [4.78, 5) is 23.7. The first-order chi connectivity index (χ1) is 10.3. The Bertz CT molecular complexity index is 801. The van der Waals surface area contributed by atoms with E-state index in [1.54, 1.807) is 12.4 Å². The van der Waals surface area contributed by atoms with Gasteiger partial charge in [-0.05, 0) is 23.8 Å². The maximum absolute atomic E-state index is 11.7. The summed E-state index contributed by atoms with van der Waals surface area (Å²) in [5, 5.41) is 4.93. The molecule has 3 rings (SSSR count). The van der Waals surface area contributed by atoms with Crippen LogP contribution in [0.3, 0.4) is 0 Å². The molecule has 0 aliphatic rings. The van der Waals surface area contributed by atoms with E-state index in [-0.39, 0.29) is 5.69 Å². The van der Waals surface area contributed by atoms with Gasteiger partial charge in [-0.2, -0.15) is 5.10 Å². The summed E-state index contributed by atoms with van der Waals surface area (Å²) >= 11 is 0. The minimum Gasteiger partial charge on any atom is -0.265 e. The van der Waals surface area contributed by atoms with E-state index in [9.17, 15) is 4.79 Å². The second-order valence-electron chi connectivity index (χ2n) is 4.25. The van der Waals surface area contributed by atoms with Crippen molar-refractivity contribution in [2.45, 2.75) is 0 Å². The predicted octanol–water partition coefficient (Wildman–Crippen LogP) is 1.79. The van der Waals surface area contributed by atoms with Crippen molar-refractivity contribution in [2.24, 2.45) is 5.10 Å². The van der Waals surface area contributed by atoms with Crippen molar-refractivity contribution in [1.82, 2.24) is 20.4 Å². The zero-order valence-corrected chi connectivity index (χ0v) is 11.0. The number of aromatic nitrogens is 3. The largest absolute Gasteiger partial charge is 0.291 e. The number of fused-ring (bicyclic) bond motifs is 1. The van der Waals surface area contributed by atoms with Crippen LogP contribution in [-0.2, 0) is 0 Å². The highest BCUT2D eigenvalue weighted by atomic mass is 16.2. The molecular formula is C15H11N5O. The molecule has 6 heteroatoms. The Kier molecular flexibility index (Phi) is 3.60. The number of carbonyl (C=O) groups excluding carboxylic acids is 1. The molecule has 3 aromatic rings. The number of carbonyl (C=O) groups is 1. The van der Waals surface area contributed by atoms with E-state index in [0.717, 1.165) is 16.5 Å². The predicted molar refractivity (Wildman–Crippen MR) is 78.8 cm³/mol. The van der Waals surface area contributed by atoms with Crippen molar-refractivity contribution in [3.05, 3.63) is 66.4 Å². The van der Waals surface area contributed by atoms with Gasteiger partial charge in [-0.1, -0.05) is 12.1 Å². The quantitative estimate of drug-likeness (QED) is 0.584. The molecule has 0 aliphatic heterocycles. The van der Waals surface area contributed by atoms with Crippen LogP contribution in [0.2, 0.25) is 0 Å². The number of nitrogens with one attached hydrogen (secondary N) is 1. The van der Waals surface area contributed by atoms with Crippen LogP contribution in [0.1, 0.15) is 16.1 Å². The lowest BCUT2D eigenvalue weighted by molar-refractivity contribution is 0.0949. The average molecular weight is 277 g/mol. The smallest absolute Gasteiger partial charge is 0.265 e. The molecule has 1 amide bonds. The van der Waals surface area contributed by atoms with Crippen molar-refractivity contribution in [3.8, 4) is 0 Å². The zero-order chi connectivity index (χ0) is 14.5. The highest BCUT2D eigenvalue weighted by Crippen LogP contribution is 2.11. The number of hydrogen-bond donors (Lipinski definition) is 1. The van der Waals surface area contributed by atoms with Crippen LogP contribution in [0, 0.1) is 0 Å². The summed E-state index contributed by atoms with van der Waals surface area (Å²) in [6.07, 6.45) is 7.66. The molecule has 0 bridgehead atoms. The fraction of sp³-hybridized carbons (Fsp3) is 0. The SMILES string of the molecule is O=C(N/N=C/c1ccc2ncccc2c1)c1cnccn1. The Morgan fingerprint density at radius 3 is 2.95 bits per heavy atom. The second-order valence-corrected chi connectivity index (χ2v) is 4.25. The Morgan fingerprint density at radius 2 is 2.10 bits per heavy atom. The van der Waals surface area contributed by atoms with Gasteiger partial charge in [0.15, 0.2) is 0 Å². The third-order valence-electron chi connectivity index (χ3n) is 2.80. The molecule has 0 atom stereocenters. The maximum atomic E-state index is 11.7. The van der Waals surface area contributed by atoms with Gasteiger partial charge in [0.1, 0.15) is 5.69 Å². The maximum Gasteiger partial charge on any atom is 0.291 e. The van der Waals surface area contributed by atoms with E-state index < -0.39 is 5.91 Å². The number of benzene rings is 1. The molecule has 2 heterocycles. The molecular weight excluding hydrogens is 266 g/mol. The summed E-state index contributed by atoms with van der Waals surface area (Å²) in [5.41, 5.74) is 4.41. The first-order valence-electron chi connectivity index (χ1n) is 6.27. The van der Waals surface area contributed by atoms with Crippen molar-refractivity contribution in [2.75, 3.05) is 0 Å². The van der Waals surface area contributed by atoms with E-state index in [1.165, 1.54) is 18.6 Å². The van der Waals surface area contributed by atoms with Gasteiger partial charge in [-0.3, -0.25) is 14.8 Å². The normalized spacial score (nSPS) is 10.9. The molecule has 0 aliphatic carbocycles. The lowest BCUT2D eigenvalue weighted by Crippen LogP contribution is -2.19. The highest BCUT2D eigenvalue weighted by molar-refractivity contribution is 5.93. The molecule has 21 heavy (non-hydrogen) atoms. The Hall–Kier alpha value is -3.15. The summed E-state index contributed by atoms with van der Waals surface area (Å²) in [7, 11) is 0. The monoisotopic (exact) mass is 277 g/mol. The van der Waals surface area contributed by atoms with Crippen molar-refractivity contribution in [1.29, 1.82) is 0 Å². The van der Waals surface area contributed by atoms with E-state index in [2.05, 4.69) is 25.5 Å². The fourth-order valence-electron chi connectivity index (χ4n) is 1.81. The van der Waals surface area contributed by atoms with E-state index in [0.29, 0.717) is 0 Å². The van der Waals surface area contributed by atoms with Crippen LogP contribution in [0.4, 0.5) is 0 Å². The fourth-order valence-corrected chi connectivity index (χ4v) is 1.81. The molecule has 1 N–H and O–H groups in total. The summed E-state index contributed by atoms with van der Waals surface area (Å²) in [6, 6.07) is 9.58. The van der Waals surface area contributed by atoms with Crippen molar-refractivity contribution >= 4 is 23.0 Å². The molecule has 102 valence electrons. The van der Waals surface area contributed by atoms with Gasteiger partial charge in [0, 0.05) is 24.0 Å². The minimum atomic E-state index is -0.401. The molecule has 0 saturated heterocycles. The number of amides is 1. The van der Waals surface area contributed by atoms with Crippen molar-refractivity contribution in [3.63, 3.8) is 0 Å². The average Bonchev–Trinajstić information content (AvgIpc) is 2.55. The molecule has 0 unspecified atom stereocenters. The molecule has 0 radical (unpaired) electrons. The molecule has 0 saturated carbocycles. The molecule has 0 fully saturated rings. The summed E-state index contributed by atoms with van der Waals surface area (Å²) in [5.74, 6) is -0.401. The van der Waals surface area contributed by atoms with Gasteiger partial charge in [-0.15, -0.1) is 0 Å². The first-order valence-corrected chi connectivity index (χ1v) is 6.27. The number of rotatable bonds is 3. The number of nitrogens with zero attached hydrogens (tertiary/aromatic N) is 4. The number of hydrazone groups is 1. The van der Waals surface area contributed by atoms with Crippen LogP contribution < -0.4 is 5.43 Å². The minimum absolute atomic E-state index is 0.220. The van der Waals surface area contributed by atoms with Crippen LogP contribution in [0.5, 0.6) is 0 Å². The molecule has 6 nitrogen and oxygen atoms in total. The second kappa shape index (κ2) is 5.87. The van der Waals surface area contributed by atoms with E-state index in [4.69, 9.17) is 0 Å². The Labute approximate surface area is 120 Å². The van der Waals surface area contributed by atoms with Gasteiger partial charge in [-0.25, -0.2) is 10.4 Å². The topological polar surface area (TPSA) is 80.1 Å². The van der Waals surface area contributed by atoms with E-state index >= 15 is 0 Å². The van der Waals surface area contributed by atoms with Gasteiger partial charge in [0.2, 0.25) is 0 Å². The lowest BCUT2D eigenvalue weighted by Gasteiger charge is -1.99. The highest BCUT2D eigenvalue weighted by Gasteiger charge is 2.04. The van der Waals surface area contributed by atoms with Crippen LogP contribution >= 0.6 is 0 Å². The van der Waals surface area contributed by atoms with Crippen LogP contribution in [0.15, 0.2) is 60.2 Å². The summed E-state index contributed by atoms with van der Waals surface area (Å²) in [6.45, 7) is 0. The molecule has 1 aromatic carbocycles. The van der Waals surface area contributed by atoms with Crippen LogP contribution in [0.25, 0.3) is 10.9 Å².